The summed E-state index contributed by atoms with van der Waals surface area (Å²) in [6, 6.07) is 7.64. The molecule has 0 amide bonds. The van der Waals surface area contributed by atoms with E-state index in [0.717, 1.165) is 30.9 Å². The summed E-state index contributed by atoms with van der Waals surface area (Å²) in [4.78, 5) is 0. The molecule has 0 atom stereocenters. The molecule has 0 aliphatic heterocycles. The Morgan fingerprint density at radius 1 is 1.28 bits per heavy atom. The highest BCUT2D eigenvalue weighted by Crippen LogP contribution is 2.15. The molecule has 5 heteroatoms. The first-order valence-electron chi connectivity index (χ1n) is 6.09. The van der Waals surface area contributed by atoms with Crippen LogP contribution in [0.1, 0.15) is 25.5 Å². The summed E-state index contributed by atoms with van der Waals surface area (Å²) < 4.78 is 7.20. The second-order valence-electron chi connectivity index (χ2n) is 4.01. The summed E-state index contributed by atoms with van der Waals surface area (Å²) in [7, 11) is 0. The van der Waals surface area contributed by atoms with Crippen LogP contribution in [0.2, 0.25) is 0 Å². The third kappa shape index (κ3) is 3.07. The van der Waals surface area contributed by atoms with E-state index in [2.05, 4.69) is 17.2 Å². The highest BCUT2D eigenvalue weighted by molar-refractivity contribution is 5.36. The molecule has 0 fully saturated rings. The van der Waals surface area contributed by atoms with Crippen LogP contribution >= 0.6 is 0 Å². The number of aliphatic hydroxyl groups excluding tert-OH is 1. The molecule has 1 aromatic carbocycles. The average Bonchev–Trinajstić information content (AvgIpc) is 2.89. The van der Waals surface area contributed by atoms with Crippen molar-refractivity contribution < 1.29 is 9.84 Å². The van der Waals surface area contributed by atoms with Crippen LogP contribution in [0.15, 0.2) is 30.5 Å². The number of ether oxygens (including phenoxy) is 1. The van der Waals surface area contributed by atoms with Gasteiger partial charge in [0.05, 0.1) is 25.1 Å². The number of unbranched alkanes of at least 4 members (excludes halogenated alkanes) is 1. The first-order chi connectivity index (χ1) is 8.83. The maximum absolute atomic E-state index is 8.93. The van der Waals surface area contributed by atoms with Gasteiger partial charge in [-0.05, 0) is 30.7 Å². The molecule has 0 radical (unpaired) electrons. The van der Waals surface area contributed by atoms with Crippen LogP contribution in [-0.2, 0) is 6.61 Å². The Morgan fingerprint density at radius 2 is 2.06 bits per heavy atom. The molecule has 0 bridgehead atoms. The van der Waals surface area contributed by atoms with Crippen molar-refractivity contribution in [3.63, 3.8) is 0 Å². The highest BCUT2D eigenvalue weighted by Gasteiger charge is 2.02. The van der Waals surface area contributed by atoms with Crippen molar-refractivity contribution in [1.29, 1.82) is 0 Å². The number of benzene rings is 1. The maximum Gasteiger partial charge on any atom is 0.119 e. The standard InChI is InChI=1S/C13H17N3O2/c1-2-3-8-18-13-6-4-12(5-7-13)16-9-11(10-17)14-15-16/h4-7,9,17H,2-3,8,10H2,1H3. The lowest BCUT2D eigenvalue weighted by molar-refractivity contribution is 0.276. The number of aliphatic hydroxyl groups is 1. The maximum atomic E-state index is 8.93. The molecule has 0 aliphatic rings. The predicted molar refractivity (Wildman–Crippen MR) is 67.7 cm³/mol. The van der Waals surface area contributed by atoms with Crippen molar-refractivity contribution in [2.75, 3.05) is 6.61 Å². The Bertz CT molecular complexity index is 479. The molecular weight excluding hydrogens is 230 g/mol. The van der Waals surface area contributed by atoms with Crippen LogP contribution in [0.25, 0.3) is 5.69 Å². The summed E-state index contributed by atoms with van der Waals surface area (Å²) in [5.74, 6) is 0.856. The Morgan fingerprint density at radius 3 is 2.67 bits per heavy atom. The minimum atomic E-state index is -0.0990. The van der Waals surface area contributed by atoms with Crippen molar-refractivity contribution in [2.24, 2.45) is 0 Å². The number of hydrogen-bond donors (Lipinski definition) is 1. The normalized spacial score (nSPS) is 10.6. The van der Waals surface area contributed by atoms with Gasteiger partial charge in [-0.3, -0.25) is 0 Å². The lowest BCUT2D eigenvalue weighted by Crippen LogP contribution is -1.98. The minimum absolute atomic E-state index is 0.0990. The number of rotatable bonds is 6. The van der Waals surface area contributed by atoms with Crippen LogP contribution in [0.3, 0.4) is 0 Å². The van der Waals surface area contributed by atoms with Crippen LogP contribution in [0, 0.1) is 0 Å². The van der Waals surface area contributed by atoms with E-state index in [9.17, 15) is 0 Å². The summed E-state index contributed by atoms with van der Waals surface area (Å²) in [6.07, 6.45) is 3.89. The second kappa shape index (κ2) is 6.16. The third-order valence-corrected chi connectivity index (χ3v) is 2.57. The number of nitrogens with zero attached hydrogens (tertiary/aromatic N) is 3. The van der Waals surface area contributed by atoms with Gasteiger partial charge in [-0.25, -0.2) is 4.68 Å². The fraction of sp³-hybridized carbons (Fsp3) is 0.385. The van der Waals surface area contributed by atoms with Gasteiger partial charge in [0.2, 0.25) is 0 Å². The lowest BCUT2D eigenvalue weighted by Gasteiger charge is -2.06. The summed E-state index contributed by atoms with van der Waals surface area (Å²) in [6.45, 7) is 2.78. The van der Waals surface area contributed by atoms with Crippen molar-refractivity contribution >= 4 is 0 Å². The van der Waals surface area contributed by atoms with E-state index in [-0.39, 0.29) is 6.61 Å². The largest absolute Gasteiger partial charge is 0.494 e. The van der Waals surface area contributed by atoms with Gasteiger partial charge in [0.15, 0.2) is 0 Å². The quantitative estimate of drug-likeness (QED) is 0.792. The van der Waals surface area contributed by atoms with Gasteiger partial charge in [0.25, 0.3) is 0 Å². The van der Waals surface area contributed by atoms with Crippen molar-refractivity contribution in [3.8, 4) is 11.4 Å². The van der Waals surface area contributed by atoms with Gasteiger partial charge in [-0.1, -0.05) is 18.6 Å². The summed E-state index contributed by atoms with van der Waals surface area (Å²) in [5.41, 5.74) is 1.45. The highest BCUT2D eigenvalue weighted by atomic mass is 16.5. The van der Waals surface area contributed by atoms with Gasteiger partial charge in [-0.15, -0.1) is 5.10 Å². The van der Waals surface area contributed by atoms with Crippen LogP contribution in [0.5, 0.6) is 5.75 Å². The van der Waals surface area contributed by atoms with E-state index < -0.39 is 0 Å². The first-order valence-corrected chi connectivity index (χ1v) is 6.09. The van der Waals surface area contributed by atoms with E-state index in [4.69, 9.17) is 9.84 Å². The Kier molecular flexibility index (Phi) is 4.30. The van der Waals surface area contributed by atoms with Gasteiger partial charge in [0.1, 0.15) is 11.4 Å². The molecule has 1 N–H and O–H groups in total. The molecule has 0 aliphatic carbocycles. The average molecular weight is 247 g/mol. The fourth-order valence-corrected chi connectivity index (χ4v) is 1.53. The monoisotopic (exact) mass is 247 g/mol. The van der Waals surface area contributed by atoms with Gasteiger partial charge < -0.3 is 9.84 Å². The molecule has 0 unspecified atom stereocenters. The molecule has 0 saturated carbocycles. The van der Waals surface area contributed by atoms with E-state index in [1.54, 1.807) is 10.9 Å². The Hall–Kier alpha value is -1.88. The Labute approximate surface area is 106 Å². The minimum Gasteiger partial charge on any atom is -0.494 e. The zero-order chi connectivity index (χ0) is 12.8. The van der Waals surface area contributed by atoms with E-state index >= 15 is 0 Å². The molecule has 1 aromatic heterocycles. The zero-order valence-corrected chi connectivity index (χ0v) is 10.4. The lowest BCUT2D eigenvalue weighted by atomic mass is 10.3. The topological polar surface area (TPSA) is 60.2 Å². The molecular formula is C13H17N3O2. The second-order valence-corrected chi connectivity index (χ2v) is 4.01. The molecule has 0 spiro atoms. The molecule has 96 valence electrons. The smallest absolute Gasteiger partial charge is 0.119 e. The summed E-state index contributed by atoms with van der Waals surface area (Å²) in [5, 5.41) is 16.7. The fourth-order valence-electron chi connectivity index (χ4n) is 1.53. The van der Waals surface area contributed by atoms with Crippen LogP contribution < -0.4 is 4.74 Å². The van der Waals surface area contributed by atoms with Crippen LogP contribution in [0.4, 0.5) is 0 Å². The number of hydrogen-bond acceptors (Lipinski definition) is 4. The van der Waals surface area contributed by atoms with Crippen molar-refractivity contribution in [3.05, 3.63) is 36.2 Å². The van der Waals surface area contributed by atoms with Gasteiger partial charge in [0, 0.05) is 0 Å². The van der Waals surface area contributed by atoms with E-state index in [1.807, 2.05) is 24.3 Å². The van der Waals surface area contributed by atoms with Gasteiger partial charge in [-0.2, -0.15) is 0 Å². The molecule has 1 heterocycles. The van der Waals surface area contributed by atoms with Crippen LogP contribution in [-0.4, -0.2) is 26.7 Å². The van der Waals surface area contributed by atoms with E-state index in [0.29, 0.717) is 5.69 Å². The first kappa shape index (κ1) is 12.6. The molecule has 2 aromatic rings. The zero-order valence-electron chi connectivity index (χ0n) is 10.4. The molecule has 18 heavy (non-hydrogen) atoms. The van der Waals surface area contributed by atoms with E-state index in [1.165, 1.54) is 0 Å². The third-order valence-electron chi connectivity index (χ3n) is 2.57. The molecule has 2 rings (SSSR count). The SMILES string of the molecule is CCCCOc1ccc(-n2cc(CO)nn2)cc1. The summed E-state index contributed by atoms with van der Waals surface area (Å²) >= 11 is 0. The molecule has 0 saturated heterocycles. The molecule has 5 nitrogen and oxygen atoms in total. The number of aromatic nitrogens is 3. The predicted octanol–water partition coefficient (Wildman–Crippen LogP) is 1.94. The van der Waals surface area contributed by atoms with Crippen molar-refractivity contribution in [1.82, 2.24) is 15.0 Å². The van der Waals surface area contributed by atoms with Crippen molar-refractivity contribution in [2.45, 2.75) is 26.4 Å². The van der Waals surface area contributed by atoms with Gasteiger partial charge >= 0.3 is 0 Å². The Balaban J connectivity index is 2.02.